The van der Waals surface area contributed by atoms with Gasteiger partial charge in [-0.05, 0) is 19.1 Å². The number of imide groups is 2. The van der Waals surface area contributed by atoms with Gasteiger partial charge >= 0.3 is 12.2 Å². The number of carbonyl (C=O) groups is 5. The predicted molar refractivity (Wildman–Crippen MR) is 130 cm³/mol. The van der Waals surface area contributed by atoms with Crippen LogP contribution < -0.4 is 10.6 Å². The van der Waals surface area contributed by atoms with Crippen LogP contribution in [0.5, 0.6) is 0 Å². The monoisotopic (exact) mass is 561 g/mol. The Kier molecular flexibility index (Phi) is 7.48. The van der Waals surface area contributed by atoms with E-state index in [2.05, 4.69) is 25.3 Å². The molecule has 40 heavy (non-hydrogen) atoms. The molecule has 210 valence electrons. The van der Waals surface area contributed by atoms with Gasteiger partial charge in [0.05, 0.1) is 12.0 Å². The number of likely N-dealkylation sites (N-methyl/N-ethyl adjacent to an activating group) is 1. The number of nitrogens with one attached hydrogen (secondary N) is 2. The van der Waals surface area contributed by atoms with E-state index >= 15 is 0 Å². The van der Waals surface area contributed by atoms with Crippen molar-refractivity contribution in [2.75, 3.05) is 18.9 Å². The maximum absolute atomic E-state index is 13.2. The van der Waals surface area contributed by atoms with E-state index in [1.807, 2.05) is 5.32 Å². The van der Waals surface area contributed by atoms with Crippen LogP contribution in [0.3, 0.4) is 0 Å². The Labute approximate surface area is 224 Å². The highest BCUT2D eigenvalue weighted by Crippen LogP contribution is 2.28. The van der Waals surface area contributed by atoms with Gasteiger partial charge in [-0.3, -0.25) is 29.4 Å². The first-order chi connectivity index (χ1) is 18.8. The summed E-state index contributed by atoms with van der Waals surface area (Å²) in [4.78, 5) is 80.4. The van der Waals surface area contributed by atoms with Gasteiger partial charge in [0.15, 0.2) is 12.2 Å². The Bertz CT molecular complexity index is 1400. The third-order valence-corrected chi connectivity index (χ3v) is 6.05. The summed E-state index contributed by atoms with van der Waals surface area (Å²) < 4.78 is 38.3. The summed E-state index contributed by atoms with van der Waals surface area (Å²) in [5.41, 5.74) is 0.380. The Balaban J connectivity index is 1.48. The second-order valence-electron chi connectivity index (χ2n) is 8.86. The average molecular weight is 561 g/mol. The summed E-state index contributed by atoms with van der Waals surface area (Å²) in [5.74, 6) is -4.16. The fourth-order valence-electron chi connectivity index (χ4n) is 4.08. The molecule has 2 aromatic heterocycles. The van der Waals surface area contributed by atoms with Gasteiger partial charge in [0, 0.05) is 31.9 Å². The molecule has 6 amide bonds. The van der Waals surface area contributed by atoms with Crippen molar-refractivity contribution >= 4 is 41.8 Å². The molecule has 0 bridgehead atoms. The van der Waals surface area contributed by atoms with Crippen molar-refractivity contribution in [2.24, 2.45) is 4.99 Å². The standard InChI is InChI=1S/C23H22F3N9O5/c1-11(19(38)32-15-6-4-5-14(31-15)13-7-27-21(28-8-13)23(24,25)26)35-10-29-18-17(35)20(39)34(22(40)33(18)3)9-16(37)30-12(2)36/h4-8,10-11,17-18H,9H2,1-3H3,(H,30,36,37)(H,31,32,38)/t11-,17?,18?/m0/s1. The summed E-state index contributed by atoms with van der Waals surface area (Å²) >= 11 is 0. The molecule has 2 unspecified atom stereocenters. The number of aromatic nitrogens is 3. The first-order valence-electron chi connectivity index (χ1n) is 11.6. The largest absolute Gasteiger partial charge is 0.451 e. The Morgan fingerprint density at radius 1 is 1.12 bits per heavy atom. The third kappa shape index (κ3) is 5.57. The van der Waals surface area contributed by atoms with E-state index < -0.39 is 66.5 Å². The second kappa shape index (κ2) is 10.7. The molecule has 4 rings (SSSR count). The van der Waals surface area contributed by atoms with Gasteiger partial charge in [0.25, 0.3) is 5.91 Å². The lowest BCUT2D eigenvalue weighted by Gasteiger charge is -2.41. The van der Waals surface area contributed by atoms with Crippen molar-refractivity contribution < 1.29 is 37.1 Å². The van der Waals surface area contributed by atoms with E-state index in [9.17, 15) is 37.1 Å². The van der Waals surface area contributed by atoms with Crippen LogP contribution >= 0.6 is 0 Å². The molecule has 14 nitrogen and oxygen atoms in total. The third-order valence-electron chi connectivity index (χ3n) is 6.05. The van der Waals surface area contributed by atoms with Crippen LogP contribution in [-0.4, -0.2) is 97.5 Å². The Morgan fingerprint density at radius 2 is 1.80 bits per heavy atom. The van der Waals surface area contributed by atoms with Crippen molar-refractivity contribution in [3.63, 3.8) is 0 Å². The molecule has 3 atom stereocenters. The molecule has 0 spiro atoms. The minimum absolute atomic E-state index is 0.0618. The molecule has 4 heterocycles. The molecule has 17 heteroatoms. The topological polar surface area (TPSA) is 170 Å². The lowest BCUT2D eigenvalue weighted by atomic mass is 10.1. The number of amides is 6. The van der Waals surface area contributed by atoms with Gasteiger partial charge < -0.3 is 15.1 Å². The Hall–Kier alpha value is -4.96. The van der Waals surface area contributed by atoms with Crippen molar-refractivity contribution in [2.45, 2.75) is 38.3 Å². The summed E-state index contributed by atoms with van der Waals surface area (Å²) in [5, 5.41) is 4.57. The van der Waals surface area contributed by atoms with E-state index in [0.29, 0.717) is 4.90 Å². The fraction of sp³-hybridized carbons (Fsp3) is 0.348. The number of alkyl halides is 3. The van der Waals surface area contributed by atoms with Crippen LogP contribution in [-0.2, 0) is 25.4 Å². The lowest BCUT2D eigenvalue weighted by molar-refractivity contribution is -0.145. The van der Waals surface area contributed by atoms with Gasteiger partial charge in [0.1, 0.15) is 18.4 Å². The highest BCUT2D eigenvalue weighted by Gasteiger charge is 2.51. The van der Waals surface area contributed by atoms with Crippen LogP contribution in [0.2, 0.25) is 0 Å². The number of anilines is 1. The molecule has 0 radical (unpaired) electrons. The van der Waals surface area contributed by atoms with Gasteiger partial charge in [-0.1, -0.05) is 6.07 Å². The van der Waals surface area contributed by atoms with Crippen LogP contribution in [0.25, 0.3) is 11.3 Å². The van der Waals surface area contributed by atoms with Gasteiger partial charge in [-0.25, -0.2) is 24.7 Å². The molecule has 1 saturated heterocycles. The molecular formula is C23H22F3N9O5. The van der Waals surface area contributed by atoms with Gasteiger partial charge in [-0.15, -0.1) is 0 Å². The molecular weight excluding hydrogens is 539 g/mol. The van der Waals surface area contributed by atoms with E-state index in [1.54, 1.807) is 0 Å². The van der Waals surface area contributed by atoms with Crippen molar-refractivity contribution in [3.8, 4) is 11.3 Å². The number of pyridine rings is 1. The summed E-state index contributed by atoms with van der Waals surface area (Å²) in [7, 11) is 1.38. The normalized spacial score (nSPS) is 19.4. The maximum atomic E-state index is 13.2. The number of fused-ring (bicyclic) bond motifs is 1. The molecule has 2 aliphatic heterocycles. The van der Waals surface area contributed by atoms with Crippen molar-refractivity contribution in [3.05, 3.63) is 36.4 Å². The fourth-order valence-corrected chi connectivity index (χ4v) is 4.08. The molecule has 0 aromatic carbocycles. The minimum atomic E-state index is -4.70. The zero-order chi connectivity index (χ0) is 29.4. The number of hydrogen-bond acceptors (Lipinski definition) is 10. The zero-order valence-electron chi connectivity index (χ0n) is 21.2. The minimum Gasteiger partial charge on any atom is -0.335 e. The summed E-state index contributed by atoms with van der Waals surface area (Å²) in [6.45, 7) is 1.88. The number of aliphatic imine (C=N–C) groups is 1. The van der Waals surface area contributed by atoms with E-state index in [-0.39, 0.29) is 17.1 Å². The molecule has 2 aliphatic rings. The van der Waals surface area contributed by atoms with E-state index in [4.69, 9.17) is 0 Å². The summed E-state index contributed by atoms with van der Waals surface area (Å²) in [6, 6.07) is 1.52. The zero-order valence-corrected chi connectivity index (χ0v) is 21.2. The number of carbonyl (C=O) groups excluding carboxylic acids is 5. The smallest absolute Gasteiger partial charge is 0.335 e. The number of urea groups is 1. The molecule has 1 fully saturated rings. The second-order valence-corrected chi connectivity index (χ2v) is 8.86. The van der Waals surface area contributed by atoms with Crippen molar-refractivity contribution in [1.29, 1.82) is 0 Å². The predicted octanol–water partition coefficient (Wildman–Crippen LogP) is 0.480. The van der Waals surface area contributed by atoms with Gasteiger partial charge in [-0.2, -0.15) is 13.2 Å². The van der Waals surface area contributed by atoms with Crippen molar-refractivity contribution in [1.82, 2.24) is 35.0 Å². The Morgan fingerprint density at radius 3 is 2.42 bits per heavy atom. The highest BCUT2D eigenvalue weighted by atomic mass is 19.4. The molecule has 2 N–H and O–H groups in total. The quantitative estimate of drug-likeness (QED) is 0.509. The van der Waals surface area contributed by atoms with Crippen LogP contribution in [0.15, 0.2) is 35.6 Å². The first-order valence-corrected chi connectivity index (χ1v) is 11.6. The number of halogens is 3. The number of hydrogen-bond donors (Lipinski definition) is 2. The van der Waals surface area contributed by atoms with Crippen LogP contribution in [0.4, 0.5) is 23.8 Å². The molecule has 2 aromatic rings. The van der Waals surface area contributed by atoms with Crippen LogP contribution in [0, 0.1) is 0 Å². The summed E-state index contributed by atoms with van der Waals surface area (Å²) in [6.07, 6.45) is -2.48. The average Bonchev–Trinajstić information content (AvgIpc) is 3.34. The molecule has 0 aliphatic carbocycles. The first kappa shape index (κ1) is 28.1. The van der Waals surface area contributed by atoms with Crippen LogP contribution in [0.1, 0.15) is 19.7 Å². The highest BCUT2D eigenvalue weighted by molar-refractivity contribution is 6.06. The number of nitrogens with zero attached hydrogens (tertiary/aromatic N) is 7. The van der Waals surface area contributed by atoms with E-state index in [0.717, 1.165) is 24.2 Å². The lowest BCUT2D eigenvalue weighted by Crippen LogP contribution is -2.67. The van der Waals surface area contributed by atoms with E-state index in [1.165, 1.54) is 43.4 Å². The molecule has 0 saturated carbocycles. The number of rotatable bonds is 6. The SMILES string of the molecule is CC(=O)NC(=O)CN1C(=O)C2C(N=CN2[C@@H](C)C(=O)Nc2cccc(-c3cnc(C(F)(F)F)nc3)n2)N(C)C1=O. The van der Waals surface area contributed by atoms with Gasteiger partial charge in [0.2, 0.25) is 23.5 Å². The maximum Gasteiger partial charge on any atom is 0.451 e.